The molecule has 2 nitrogen and oxygen atoms in total. The molecule has 43 heavy (non-hydrogen) atoms. The van der Waals surface area contributed by atoms with Crippen molar-refractivity contribution in [2.24, 2.45) is 5.92 Å². The fourth-order valence-corrected chi connectivity index (χ4v) is 7.12. The van der Waals surface area contributed by atoms with Gasteiger partial charge in [0.25, 0.3) is 0 Å². The number of nitriles is 1. The molecular weight excluding hydrogens is 541 g/mol. The second-order valence-electron chi connectivity index (χ2n) is 12.3. The van der Waals surface area contributed by atoms with E-state index in [1.807, 2.05) is 13.8 Å². The largest absolute Gasteiger partial charge is 0.416 e. The quantitative estimate of drug-likeness (QED) is 0.207. The number of hydrogen-bond donors (Lipinski definition) is 0. The van der Waals surface area contributed by atoms with Gasteiger partial charge in [0.05, 0.1) is 17.0 Å². The molecule has 5 heteroatoms. The molecule has 3 unspecified atom stereocenters. The van der Waals surface area contributed by atoms with Gasteiger partial charge >= 0.3 is 6.18 Å². The third-order valence-electron chi connectivity index (χ3n) is 9.69. The SMILES string of the molecule is CCCC(C#N)(c1cccc(C(F)(F)F)c1)C(C)CCC(C)N1CCC(=C2c3ccccc3C=Cc3ccccc32)CC1. The molecule has 0 aromatic heterocycles. The van der Waals surface area contributed by atoms with Crippen molar-refractivity contribution >= 4 is 17.7 Å². The maximum Gasteiger partial charge on any atom is 0.416 e. The van der Waals surface area contributed by atoms with E-state index in [-0.39, 0.29) is 5.92 Å². The first-order valence-electron chi connectivity index (χ1n) is 15.6. The normalized spacial score (nSPS) is 18.2. The van der Waals surface area contributed by atoms with E-state index >= 15 is 0 Å². The fourth-order valence-electron chi connectivity index (χ4n) is 7.12. The monoisotopic (exact) mass is 582 g/mol. The number of rotatable bonds is 8. The first-order valence-corrected chi connectivity index (χ1v) is 15.6. The van der Waals surface area contributed by atoms with E-state index in [0.717, 1.165) is 51.3 Å². The van der Waals surface area contributed by atoms with Gasteiger partial charge in [-0.2, -0.15) is 18.4 Å². The van der Waals surface area contributed by atoms with E-state index in [1.54, 1.807) is 6.07 Å². The van der Waals surface area contributed by atoms with Crippen molar-refractivity contribution < 1.29 is 13.2 Å². The van der Waals surface area contributed by atoms with Crippen LogP contribution in [0, 0.1) is 17.2 Å². The van der Waals surface area contributed by atoms with Gasteiger partial charge in [-0.25, -0.2) is 0 Å². The zero-order chi connectivity index (χ0) is 30.6. The minimum Gasteiger partial charge on any atom is -0.300 e. The second kappa shape index (κ2) is 12.9. The second-order valence-corrected chi connectivity index (χ2v) is 12.3. The van der Waals surface area contributed by atoms with E-state index in [1.165, 1.54) is 45.5 Å². The number of benzene rings is 3. The minimum atomic E-state index is -4.43. The number of piperidine rings is 1. The summed E-state index contributed by atoms with van der Waals surface area (Å²) in [7, 11) is 0. The van der Waals surface area contributed by atoms with Crippen LogP contribution in [0.2, 0.25) is 0 Å². The summed E-state index contributed by atoms with van der Waals surface area (Å²) >= 11 is 0. The van der Waals surface area contributed by atoms with Crippen molar-refractivity contribution in [3.63, 3.8) is 0 Å². The third kappa shape index (κ3) is 6.36. The number of fused-ring (bicyclic) bond motifs is 2. The van der Waals surface area contributed by atoms with Gasteiger partial charge < -0.3 is 4.90 Å². The molecule has 1 heterocycles. The van der Waals surface area contributed by atoms with Crippen LogP contribution in [0.4, 0.5) is 13.2 Å². The molecular formula is C38H41F3N2. The molecule has 3 atom stereocenters. The highest BCUT2D eigenvalue weighted by Crippen LogP contribution is 2.42. The zero-order valence-electron chi connectivity index (χ0n) is 25.4. The summed E-state index contributed by atoms with van der Waals surface area (Å²) in [5.74, 6) is -0.0719. The predicted molar refractivity (Wildman–Crippen MR) is 170 cm³/mol. The van der Waals surface area contributed by atoms with Gasteiger partial charge in [0.2, 0.25) is 0 Å². The van der Waals surface area contributed by atoms with Gasteiger partial charge in [0.15, 0.2) is 0 Å². The van der Waals surface area contributed by atoms with Gasteiger partial charge in [-0.15, -0.1) is 0 Å². The first-order chi connectivity index (χ1) is 20.7. The van der Waals surface area contributed by atoms with Gasteiger partial charge in [-0.05, 0) is 84.4 Å². The maximum atomic E-state index is 13.5. The van der Waals surface area contributed by atoms with Crippen molar-refractivity contribution in [3.8, 4) is 6.07 Å². The summed E-state index contributed by atoms with van der Waals surface area (Å²) in [4.78, 5) is 2.54. The van der Waals surface area contributed by atoms with Crippen LogP contribution in [0.15, 0.2) is 78.4 Å². The van der Waals surface area contributed by atoms with Crippen LogP contribution in [-0.2, 0) is 11.6 Å². The summed E-state index contributed by atoms with van der Waals surface area (Å²) in [5.41, 5.74) is 6.82. The van der Waals surface area contributed by atoms with Gasteiger partial charge in [0.1, 0.15) is 0 Å². The number of hydrogen-bond acceptors (Lipinski definition) is 2. The van der Waals surface area contributed by atoms with Gasteiger partial charge in [-0.3, -0.25) is 0 Å². The molecule has 1 saturated heterocycles. The highest BCUT2D eigenvalue weighted by molar-refractivity contribution is 5.94. The van der Waals surface area contributed by atoms with Gasteiger partial charge in [-0.1, -0.05) is 105 Å². The highest BCUT2D eigenvalue weighted by Gasteiger charge is 2.40. The van der Waals surface area contributed by atoms with Crippen molar-refractivity contribution in [1.29, 1.82) is 5.26 Å². The van der Waals surface area contributed by atoms with Crippen LogP contribution in [0.25, 0.3) is 17.7 Å². The summed E-state index contributed by atoms with van der Waals surface area (Å²) < 4.78 is 40.6. The molecule has 1 aliphatic heterocycles. The lowest BCUT2D eigenvalue weighted by molar-refractivity contribution is -0.137. The Labute approximate surface area is 254 Å². The minimum absolute atomic E-state index is 0.0719. The molecule has 0 N–H and O–H groups in total. The molecule has 1 aliphatic carbocycles. The smallest absolute Gasteiger partial charge is 0.300 e. The molecule has 0 saturated carbocycles. The van der Waals surface area contributed by atoms with E-state index in [0.29, 0.717) is 18.0 Å². The number of likely N-dealkylation sites (tertiary alicyclic amines) is 1. The standard InChI is InChI=1S/C38H41F3N2/c1-4-22-37(26-42,32-12-9-13-33(25-32)38(39,40)41)27(2)16-17-28(3)43-23-20-31(21-24-43)36-34-14-7-5-10-29(34)18-19-30-11-6-8-15-35(30)36/h5-15,18-19,25,27-28H,4,16-17,20-24H2,1-3H3. The summed E-state index contributed by atoms with van der Waals surface area (Å²) in [6.07, 6.45) is 4.96. The average molecular weight is 583 g/mol. The van der Waals surface area contributed by atoms with Crippen molar-refractivity contribution in [2.75, 3.05) is 13.1 Å². The molecule has 3 aromatic carbocycles. The lowest BCUT2D eigenvalue weighted by Gasteiger charge is -2.37. The molecule has 0 spiro atoms. The van der Waals surface area contributed by atoms with E-state index in [4.69, 9.17) is 0 Å². The molecule has 2 aliphatic rings. The third-order valence-corrected chi connectivity index (χ3v) is 9.69. The number of halogens is 3. The van der Waals surface area contributed by atoms with Crippen LogP contribution >= 0.6 is 0 Å². The molecule has 0 amide bonds. The Morgan fingerprint density at radius 1 is 0.814 bits per heavy atom. The first kappa shape index (κ1) is 30.8. The van der Waals surface area contributed by atoms with E-state index < -0.39 is 17.2 Å². The molecule has 0 radical (unpaired) electrons. The number of nitrogens with zero attached hydrogens (tertiary/aromatic N) is 2. The van der Waals surface area contributed by atoms with E-state index in [2.05, 4.69) is 78.6 Å². The van der Waals surface area contributed by atoms with Crippen molar-refractivity contribution in [2.45, 2.75) is 76.9 Å². The molecule has 3 aromatic rings. The fraction of sp³-hybridized carbons (Fsp3) is 0.395. The van der Waals surface area contributed by atoms with Crippen molar-refractivity contribution in [3.05, 3.63) is 112 Å². The van der Waals surface area contributed by atoms with Crippen LogP contribution < -0.4 is 0 Å². The number of alkyl halides is 3. The Morgan fingerprint density at radius 3 is 1.95 bits per heavy atom. The highest BCUT2D eigenvalue weighted by atomic mass is 19.4. The summed E-state index contributed by atoms with van der Waals surface area (Å²) in [6, 6.07) is 25.5. The molecule has 5 rings (SSSR count). The van der Waals surface area contributed by atoms with Crippen molar-refractivity contribution in [1.82, 2.24) is 4.90 Å². The summed E-state index contributed by atoms with van der Waals surface area (Å²) in [6.45, 7) is 8.23. The van der Waals surface area contributed by atoms with E-state index in [9.17, 15) is 18.4 Å². The van der Waals surface area contributed by atoms with Gasteiger partial charge in [0, 0.05) is 19.1 Å². The Hall–Kier alpha value is -3.62. The lowest BCUT2D eigenvalue weighted by Crippen LogP contribution is -2.39. The molecule has 1 fully saturated rings. The topological polar surface area (TPSA) is 27.0 Å². The van der Waals surface area contributed by atoms with Crippen LogP contribution in [0.1, 0.15) is 92.7 Å². The molecule has 224 valence electrons. The van der Waals surface area contributed by atoms with Crippen LogP contribution in [-0.4, -0.2) is 24.0 Å². The average Bonchev–Trinajstić information content (AvgIpc) is 3.19. The Kier molecular flexibility index (Phi) is 9.28. The predicted octanol–water partition coefficient (Wildman–Crippen LogP) is 10.2. The lowest BCUT2D eigenvalue weighted by atomic mass is 9.67. The van der Waals surface area contributed by atoms with Crippen LogP contribution in [0.3, 0.4) is 0 Å². The van der Waals surface area contributed by atoms with Crippen LogP contribution in [0.5, 0.6) is 0 Å². The zero-order valence-corrected chi connectivity index (χ0v) is 25.4. The Bertz CT molecular complexity index is 1480. The maximum absolute atomic E-state index is 13.5. The Morgan fingerprint density at radius 2 is 1.40 bits per heavy atom. The molecule has 0 bridgehead atoms. The Balaban J connectivity index is 1.30. The summed E-state index contributed by atoms with van der Waals surface area (Å²) in [5, 5.41) is 10.4.